The summed E-state index contributed by atoms with van der Waals surface area (Å²) in [6, 6.07) is 0.380. The molecule has 0 saturated carbocycles. The van der Waals surface area contributed by atoms with Crippen LogP contribution in [0.2, 0.25) is 0 Å². The zero-order valence-electron chi connectivity index (χ0n) is 13.6. The molecule has 5 heterocycles. The van der Waals surface area contributed by atoms with Crippen molar-refractivity contribution in [2.75, 3.05) is 18.4 Å². The highest BCUT2D eigenvalue weighted by molar-refractivity contribution is 7.13. The number of quaternary nitrogens is 1. The molecule has 2 bridgehead atoms. The van der Waals surface area contributed by atoms with Gasteiger partial charge in [0, 0.05) is 24.4 Å². The normalized spacial score (nSPS) is 28.0. The first kappa shape index (κ1) is 16.2. The molecule has 3 aliphatic rings. The molecular weight excluding hydrogens is 342 g/mol. The van der Waals surface area contributed by atoms with E-state index >= 15 is 0 Å². The van der Waals surface area contributed by atoms with Gasteiger partial charge < -0.3 is 16.0 Å². The van der Waals surface area contributed by atoms with Gasteiger partial charge in [0.25, 0.3) is 5.91 Å². The van der Waals surface area contributed by atoms with Gasteiger partial charge in [-0.25, -0.2) is 9.67 Å². The maximum Gasteiger partial charge on any atom is 0.270 e. The topological polar surface area (TPSA) is 120 Å². The van der Waals surface area contributed by atoms with Crippen molar-refractivity contribution in [2.45, 2.75) is 25.4 Å². The Labute approximate surface area is 148 Å². The zero-order valence-corrected chi connectivity index (χ0v) is 14.4. The van der Waals surface area contributed by atoms with Crippen LogP contribution in [-0.4, -0.2) is 50.9 Å². The monoisotopic (exact) mass is 362 g/mol. The van der Waals surface area contributed by atoms with Gasteiger partial charge in [-0.3, -0.25) is 9.59 Å². The summed E-state index contributed by atoms with van der Waals surface area (Å²) in [5.41, 5.74) is 5.41. The van der Waals surface area contributed by atoms with Gasteiger partial charge in [0.15, 0.2) is 10.8 Å². The van der Waals surface area contributed by atoms with Crippen LogP contribution in [-0.2, 0) is 11.3 Å². The van der Waals surface area contributed by atoms with Gasteiger partial charge in [0.2, 0.25) is 5.91 Å². The molecule has 132 valence electrons. The van der Waals surface area contributed by atoms with Crippen LogP contribution in [0.15, 0.2) is 17.8 Å². The molecule has 0 radical (unpaired) electrons. The molecule has 2 aromatic rings. The van der Waals surface area contributed by atoms with Crippen LogP contribution >= 0.6 is 11.3 Å². The quantitative estimate of drug-likeness (QED) is 0.615. The van der Waals surface area contributed by atoms with Gasteiger partial charge in [-0.15, -0.1) is 16.4 Å². The molecular formula is C15H20N7O2S+. The fourth-order valence-corrected chi connectivity index (χ4v) is 4.56. The molecule has 5 rings (SSSR count). The van der Waals surface area contributed by atoms with Crippen LogP contribution in [0.5, 0.6) is 0 Å². The van der Waals surface area contributed by atoms with E-state index in [9.17, 15) is 9.59 Å². The van der Waals surface area contributed by atoms with E-state index in [2.05, 4.69) is 20.6 Å². The molecule has 3 saturated heterocycles. The highest BCUT2D eigenvalue weighted by Crippen LogP contribution is 2.28. The molecule has 3 fully saturated rings. The summed E-state index contributed by atoms with van der Waals surface area (Å²) in [5, 5.41) is 13.2. The average Bonchev–Trinajstić information content (AvgIpc) is 3.27. The fraction of sp³-hybridized carbons (Fsp3) is 0.533. The fourth-order valence-electron chi connectivity index (χ4n) is 4.03. The number of carbonyl (C=O) groups is 2. The van der Waals surface area contributed by atoms with Gasteiger partial charge in [-0.2, -0.15) is 0 Å². The van der Waals surface area contributed by atoms with Crippen LogP contribution in [0.4, 0.5) is 5.13 Å². The molecule has 2 aromatic heterocycles. The Morgan fingerprint density at radius 3 is 3.00 bits per heavy atom. The molecule has 4 atom stereocenters. The Hall–Kier alpha value is -2.33. The van der Waals surface area contributed by atoms with Crippen molar-refractivity contribution in [2.24, 2.45) is 17.6 Å². The lowest BCUT2D eigenvalue weighted by Gasteiger charge is -2.46. The third-order valence-electron chi connectivity index (χ3n) is 5.25. The van der Waals surface area contributed by atoms with Crippen LogP contribution < -0.4 is 16.0 Å². The van der Waals surface area contributed by atoms with Gasteiger partial charge >= 0.3 is 0 Å². The number of primary amides is 1. The van der Waals surface area contributed by atoms with Gasteiger partial charge in [-0.05, 0) is 5.92 Å². The van der Waals surface area contributed by atoms with Crippen molar-refractivity contribution < 1.29 is 14.5 Å². The predicted octanol–water partition coefficient (Wildman–Crippen LogP) is -1.23. The summed E-state index contributed by atoms with van der Waals surface area (Å²) in [6.07, 6.45) is 5.32. The van der Waals surface area contributed by atoms with E-state index in [1.807, 2.05) is 5.38 Å². The second kappa shape index (κ2) is 6.52. The molecule has 3 aliphatic heterocycles. The Morgan fingerprint density at radius 2 is 2.36 bits per heavy atom. The van der Waals surface area contributed by atoms with Crippen molar-refractivity contribution in [3.63, 3.8) is 0 Å². The first-order valence-electron chi connectivity index (χ1n) is 8.35. The molecule has 0 aliphatic carbocycles. The molecule has 25 heavy (non-hydrogen) atoms. The number of nitrogens with zero attached hydrogens (tertiary/aromatic N) is 4. The number of hydrogen-bond acceptors (Lipinski definition) is 6. The van der Waals surface area contributed by atoms with Gasteiger partial charge in [0.1, 0.15) is 6.04 Å². The van der Waals surface area contributed by atoms with E-state index in [1.54, 1.807) is 17.1 Å². The summed E-state index contributed by atoms with van der Waals surface area (Å²) >= 11 is 1.44. The maximum absolute atomic E-state index is 12.6. The van der Waals surface area contributed by atoms with E-state index in [0.29, 0.717) is 23.6 Å². The average molecular weight is 362 g/mol. The van der Waals surface area contributed by atoms with Crippen LogP contribution in [0.3, 0.4) is 0 Å². The van der Waals surface area contributed by atoms with Gasteiger partial charge in [-0.1, -0.05) is 5.21 Å². The van der Waals surface area contributed by atoms with Crippen molar-refractivity contribution in [1.82, 2.24) is 20.0 Å². The SMILES string of the molecule is NC(=O)c1cn(C[C@H]2C[C@H]3CC[NH+]2C[C@@H]3C(=O)Nc2nccs2)nn1. The number of anilines is 1. The summed E-state index contributed by atoms with van der Waals surface area (Å²) in [5.74, 6) is -0.0854. The first-order chi connectivity index (χ1) is 12.1. The largest absolute Gasteiger partial charge is 0.364 e. The lowest BCUT2D eigenvalue weighted by molar-refractivity contribution is -0.945. The number of thiazole rings is 1. The van der Waals surface area contributed by atoms with Crippen molar-refractivity contribution in [3.05, 3.63) is 23.5 Å². The molecule has 2 amide bonds. The van der Waals surface area contributed by atoms with Crippen molar-refractivity contribution in [1.29, 1.82) is 0 Å². The molecule has 4 N–H and O–H groups in total. The smallest absolute Gasteiger partial charge is 0.270 e. The van der Waals surface area contributed by atoms with Crippen LogP contribution in [0.25, 0.3) is 0 Å². The summed E-state index contributed by atoms with van der Waals surface area (Å²) < 4.78 is 1.68. The summed E-state index contributed by atoms with van der Waals surface area (Å²) in [7, 11) is 0. The minimum atomic E-state index is -0.567. The third-order valence-corrected chi connectivity index (χ3v) is 5.94. The summed E-state index contributed by atoms with van der Waals surface area (Å²) in [4.78, 5) is 29.2. The standard InChI is InChI=1S/C15H19N7O2S/c16-13(23)12-8-22(20-19-12)6-10-5-9-1-3-21(10)7-11(9)14(24)18-15-17-2-4-25-15/h2,4,8-11H,1,3,5-7H2,(H2,16,23)(H,17,18,24)/p+1/t9-,10-,11+/m1/s1. The number of fused-ring (bicyclic) bond motifs is 3. The number of hydrogen-bond donors (Lipinski definition) is 3. The Balaban J connectivity index is 1.39. The number of carbonyl (C=O) groups excluding carboxylic acids is 2. The Kier molecular flexibility index (Phi) is 4.22. The van der Waals surface area contributed by atoms with E-state index in [1.165, 1.54) is 16.2 Å². The van der Waals surface area contributed by atoms with E-state index in [0.717, 1.165) is 25.9 Å². The minimum absolute atomic E-state index is 0.0285. The number of amides is 2. The van der Waals surface area contributed by atoms with E-state index < -0.39 is 5.91 Å². The molecule has 10 heteroatoms. The second-order valence-corrected chi connectivity index (χ2v) is 7.61. The number of nitrogens with two attached hydrogens (primary N) is 1. The number of piperidine rings is 3. The Morgan fingerprint density at radius 1 is 1.48 bits per heavy atom. The second-order valence-electron chi connectivity index (χ2n) is 6.72. The van der Waals surface area contributed by atoms with E-state index in [-0.39, 0.29) is 17.5 Å². The predicted molar refractivity (Wildman–Crippen MR) is 90.0 cm³/mol. The lowest BCUT2D eigenvalue weighted by Crippen LogP contribution is -3.20. The number of rotatable bonds is 5. The van der Waals surface area contributed by atoms with Crippen molar-refractivity contribution in [3.8, 4) is 0 Å². The van der Waals surface area contributed by atoms with Gasteiger partial charge in [0.05, 0.1) is 31.7 Å². The third kappa shape index (κ3) is 3.27. The first-order valence-corrected chi connectivity index (χ1v) is 9.23. The van der Waals surface area contributed by atoms with Crippen LogP contribution in [0, 0.1) is 11.8 Å². The molecule has 0 spiro atoms. The minimum Gasteiger partial charge on any atom is -0.364 e. The number of aromatic nitrogens is 4. The molecule has 0 aromatic carbocycles. The number of nitrogens with one attached hydrogen (secondary N) is 2. The molecule has 9 nitrogen and oxygen atoms in total. The van der Waals surface area contributed by atoms with E-state index in [4.69, 9.17) is 5.73 Å². The highest BCUT2D eigenvalue weighted by Gasteiger charge is 2.46. The lowest BCUT2D eigenvalue weighted by atomic mass is 9.75. The maximum atomic E-state index is 12.6. The van der Waals surface area contributed by atoms with Crippen LogP contribution in [0.1, 0.15) is 23.3 Å². The Bertz CT molecular complexity index is 775. The highest BCUT2D eigenvalue weighted by atomic mass is 32.1. The zero-order chi connectivity index (χ0) is 17.4. The summed E-state index contributed by atoms with van der Waals surface area (Å²) in [6.45, 7) is 2.57. The van der Waals surface area contributed by atoms with Crippen molar-refractivity contribution >= 4 is 28.3 Å². The molecule has 1 unspecified atom stereocenters.